The van der Waals surface area contributed by atoms with Gasteiger partial charge in [0, 0.05) is 6.04 Å². The zero-order chi connectivity index (χ0) is 8.04. The van der Waals surface area contributed by atoms with Gasteiger partial charge in [0.1, 0.15) is 8.07 Å². The average molecular weight is 148 g/mol. The summed E-state index contributed by atoms with van der Waals surface area (Å²) >= 11 is 0. The van der Waals surface area contributed by atoms with E-state index >= 15 is 0 Å². The van der Waals surface area contributed by atoms with Crippen LogP contribution in [0.5, 0.6) is 0 Å². The van der Waals surface area contributed by atoms with Crippen molar-refractivity contribution in [2.45, 2.75) is 6.04 Å². The number of hydrogen-bond acceptors (Lipinski definition) is 0. The second-order valence-corrected chi connectivity index (χ2v) is 5.91. The van der Waals surface area contributed by atoms with Crippen molar-refractivity contribution >= 4 is 8.07 Å². The normalized spacial score (nSPS) is 9.50. The Hall–Kier alpha value is -1.00. The van der Waals surface area contributed by atoms with Gasteiger partial charge in [0.15, 0.2) is 0 Å². The molecule has 0 aromatic carbocycles. The van der Waals surface area contributed by atoms with Crippen LogP contribution in [0, 0.1) is 12.3 Å². The maximum absolute atomic E-state index is 5.18. The largest absolute Gasteiger partial charge is 0.136 e. The third-order valence-corrected chi connectivity index (χ3v) is 4.65. The molecule has 0 atom stereocenters. The van der Waals surface area contributed by atoms with E-state index in [0.29, 0.717) is 0 Å². The molecule has 0 radical (unpaired) electrons. The average Bonchev–Trinajstić information content (AvgIpc) is 2.01. The molecule has 0 unspecified atom stereocenters. The molecule has 1 heteroatoms. The minimum Gasteiger partial charge on any atom is -0.120 e. The van der Waals surface area contributed by atoms with Crippen molar-refractivity contribution in [2.24, 2.45) is 0 Å². The first-order valence-electron chi connectivity index (χ1n) is 3.09. The van der Waals surface area contributed by atoms with Crippen LogP contribution in [0.2, 0.25) is 6.04 Å². The summed E-state index contributed by atoms with van der Waals surface area (Å²) in [7, 11) is -1.66. The molecule has 10 heavy (non-hydrogen) atoms. The van der Waals surface area contributed by atoms with Crippen molar-refractivity contribution in [2.75, 3.05) is 0 Å². The van der Waals surface area contributed by atoms with E-state index in [2.05, 4.69) is 25.7 Å². The predicted octanol–water partition coefficient (Wildman–Crippen LogP) is 2.24. The molecule has 0 spiro atoms. The van der Waals surface area contributed by atoms with Crippen LogP contribution in [-0.2, 0) is 0 Å². The van der Waals surface area contributed by atoms with Crippen molar-refractivity contribution in [1.29, 1.82) is 0 Å². The van der Waals surface area contributed by atoms with Crippen molar-refractivity contribution in [3.8, 4) is 12.3 Å². The van der Waals surface area contributed by atoms with Crippen LogP contribution in [-0.4, -0.2) is 8.07 Å². The molecule has 52 valence electrons. The summed E-state index contributed by atoms with van der Waals surface area (Å²) < 4.78 is 0. The Kier molecular flexibility index (Phi) is 3.52. The molecule has 0 heterocycles. The molecule has 0 aliphatic heterocycles. The number of hydrogen-bond donors (Lipinski definition) is 0. The van der Waals surface area contributed by atoms with Crippen molar-refractivity contribution in [1.82, 2.24) is 0 Å². The fraction of sp³-hybridized carbons (Fsp3) is 0.111. The topological polar surface area (TPSA) is 0 Å². The predicted molar refractivity (Wildman–Crippen MR) is 50.0 cm³/mol. The maximum Gasteiger partial charge on any atom is 0.136 e. The van der Waals surface area contributed by atoms with Crippen molar-refractivity contribution in [3.63, 3.8) is 0 Å². The van der Waals surface area contributed by atoms with Crippen LogP contribution < -0.4 is 0 Å². The van der Waals surface area contributed by atoms with E-state index in [4.69, 9.17) is 6.42 Å². The highest BCUT2D eigenvalue weighted by molar-refractivity contribution is 6.93. The molecule has 0 aliphatic rings. The monoisotopic (exact) mass is 148 g/mol. The minimum absolute atomic E-state index is 0.726. The van der Waals surface area contributed by atoms with Gasteiger partial charge >= 0.3 is 0 Å². The first-order valence-corrected chi connectivity index (χ1v) is 5.53. The minimum atomic E-state index is -1.66. The summed E-state index contributed by atoms with van der Waals surface area (Å²) in [6.45, 7) is 11.2. The van der Waals surface area contributed by atoms with Crippen LogP contribution in [0.3, 0.4) is 0 Å². The van der Waals surface area contributed by atoms with Gasteiger partial charge in [0.05, 0.1) is 0 Å². The molecule has 0 amide bonds. The second kappa shape index (κ2) is 3.92. The van der Waals surface area contributed by atoms with Gasteiger partial charge in [-0.05, 0) is 0 Å². The summed E-state index contributed by atoms with van der Waals surface area (Å²) in [6.07, 6.45) is 5.18. The smallest absolute Gasteiger partial charge is 0.120 e. The van der Waals surface area contributed by atoms with Gasteiger partial charge in [-0.1, -0.05) is 17.1 Å². The van der Waals surface area contributed by atoms with Gasteiger partial charge in [-0.25, -0.2) is 0 Å². The Labute approximate surface area is 64.0 Å². The highest BCUT2D eigenvalue weighted by atomic mass is 28.3. The van der Waals surface area contributed by atoms with Crippen LogP contribution >= 0.6 is 0 Å². The summed E-state index contributed by atoms with van der Waals surface area (Å²) in [6, 6.07) is 0.726. The van der Waals surface area contributed by atoms with E-state index in [-0.39, 0.29) is 0 Å². The lowest BCUT2D eigenvalue weighted by molar-refractivity contribution is 1.72. The van der Waals surface area contributed by atoms with E-state index in [1.165, 1.54) is 0 Å². The molecule has 0 aromatic heterocycles. The summed E-state index contributed by atoms with van der Waals surface area (Å²) in [5.41, 5.74) is 5.69. The van der Waals surface area contributed by atoms with Gasteiger partial charge in [-0.15, -0.1) is 32.1 Å². The Morgan fingerprint density at radius 3 is 1.70 bits per heavy atom. The second-order valence-electron chi connectivity index (χ2n) is 2.11. The van der Waals surface area contributed by atoms with Gasteiger partial charge in [-0.2, -0.15) is 0 Å². The highest BCUT2D eigenvalue weighted by Gasteiger charge is 2.19. The van der Waals surface area contributed by atoms with E-state index in [9.17, 15) is 0 Å². The van der Waals surface area contributed by atoms with E-state index in [0.717, 1.165) is 6.04 Å². The van der Waals surface area contributed by atoms with Crippen LogP contribution in [0.15, 0.2) is 36.8 Å². The van der Waals surface area contributed by atoms with Gasteiger partial charge < -0.3 is 0 Å². The fourth-order valence-corrected chi connectivity index (χ4v) is 1.93. The Bertz CT molecular complexity index is 162. The van der Waals surface area contributed by atoms with E-state index in [1.54, 1.807) is 0 Å². The van der Waals surface area contributed by atoms with Crippen LogP contribution in [0.1, 0.15) is 0 Å². The van der Waals surface area contributed by atoms with Crippen molar-refractivity contribution < 1.29 is 0 Å². The zero-order valence-electron chi connectivity index (χ0n) is 6.14. The zero-order valence-corrected chi connectivity index (χ0v) is 7.14. The molecular formula is C9H12Si. The molecule has 0 rings (SSSR count). The first kappa shape index (κ1) is 9.00. The lowest BCUT2D eigenvalue weighted by atomic mass is 10.8. The lowest BCUT2D eigenvalue weighted by Crippen LogP contribution is -2.25. The quantitative estimate of drug-likeness (QED) is 0.424. The molecule has 0 N–H and O–H groups in total. The third-order valence-electron chi connectivity index (χ3n) is 1.55. The molecular weight excluding hydrogens is 136 g/mol. The first-order chi connectivity index (χ1) is 4.74. The summed E-state index contributed by atoms with van der Waals surface area (Å²) in [5, 5.41) is 0. The van der Waals surface area contributed by atoms with Gasteiger partial charge in [0.2, 0.25) is 0 Å². The molecule has 0 aliphatic carbocycles. The van der Waals surface area contributed by atoms with Crippen LogP contribution in [0.25, 0.3) is 0 Å². The molecule has 0 aromatic rings. The Morgan fingerprint density at radius 1 is 1.20 bits per heavy atom. The highest BCUT2D eigenvalue weighted by Crippen LogP contribution is 2.11. The fourth-order valence-electron chi connectivity index (χ4n) is 0.643. The summed E-state index contributed by atoms with van der Waals surface area (Å²) in [5.74, 6) is 2.61. The molecule has 0 nitrogen and oxygen atoms in total. The van der Waals surface area contributed by atoms with Gasteiger partial charge in [-0.3, -0.25) is 0 Å². The lowest BCUT2D eigenvalue weighted by Gasteiger charge is -2.14. The maximum atomic E-state index is 5.18. The van der Waals surface area contributed by atoms with Crippen LogP contribution in [0.4, 0.5) is 0 Å². The molecule has 0 fully saturated rings. The standard InChI is InChI=1S/C9H12Si/c1-5-9-10(6-2,7-3)8-4/h1,6-8H,2-4,9H2. The molecule has 0 saturated heterocycles. The Morgan fingerprint density at radius 2 is 1.60 bits per heavy atom. The summed E-state index contributed by atoms with van der Waals surface area (Å²) in [4.78, 5) is 0. The molecule has 0 saturated carbocycles. The third kappa shape index (κ3) is 1.75. The van der Waals surface area contributed by atoms with Gasteiger partial charge in [0.25, 0.3) is 0 Å². The van der Waals surface area contributed by atoms with E-state index in [1.807, 2.05) is 17.1 Å². The Balaban J connectivity index is 4.48. The van der Waals surface area contributed by atoms with E-state index < -0.39 is 8.07 Å². The van der Waals surface area contributed by atoms with Crippen molar-refractivity contribution in [3.05, 3.63) is 36.8 Å². The number of terminal acetylenes is 1. The molecule has 0 bridgehead atoms. The SMILES string of the molecule is C#CC[Si](C=C)(C=C)C=C. The number of rotatable bonds is 4.